The molecular weight excluding hydrogens is 486 g/mol. The lowest BCUT2D eigenvalue weighted by Crippen LogP contribution is -2.45. The highest BCUT2D eigenvalue weighted by Gasteiger charge is 2.37. The molecule has 0 bridgehead atoms. The van der Waals surface area contributed by atoms with Crippen molar-refractivity contribution >= 4 is 27.4 Å². The molecule has 4 rings (SSSR count). The van der Waals surface area contributed by atoms with Crippen LogP contribution in [0.3, 0.4) is 0 Å². The Labute approximate surface area is 210 Å². The molecule has 0 spiro atoms. The van der Waals surface area contributed by atoms with E-state index in [4.69, 9.17) is 4.99 Å². The van der Waals surface area contributed by atoms with Crippen LogP contribution < -0.4 is 0 Å². The number of hydrazone groups is 1. The van der Waals surface area contributed by atoms with E-state index in [2.05, 4.69) is 5.10 Å². The first kappa shape index (κ1) is 26.1. The molecule has 2 aliphatic rings. The highest BCUT2D eigenvalue weighted by Crippen LogP contribution is 2.34. The van der Waals surface area contributed by atoms with Crippen LogP contribution in [0.15, 0.2) is 57.5 Å². The second-order valence-electron chi connectivity index (χ2n) is 9.10. The van der Waals surface area contributed by atoms with Crippen LogP contribution in [0.4, 0.5) is 8.78 Å². The molecule has 2 heterocycles. The Kier molecular flexibility index (Phi) is 7.65. The van der Waals surface area contributed by atoms with Gasteiger partial charge in [0.25, 0.3) is 5.91 Å². The van der Waals surface area contributed by atoms with Crippen LogP contribution in [0.5, 0.6) is 0 Å². The van der Waals surface area contributed by atoms with Crippen molar-refractivity contribution < 1.29 is 22.0 Å². The predicted molar refractivity (Wildman–Crippen MR) is 134 cm³/mol. The van der Waals surface area contributed by atoms with Gasteiger partial charge in [-0.15, -0.1) is 0 Å². The van der Waals surface area contributed by atoms with Gasteiger partial charge < -0.3 is 0 Å². The van der Waals surface area contributed by atoms with E-state index in [1.54, 1.807) is 31.2 Å². The minimum absolute atomic E-state index is 0.0206. The number of carbonyl (C=O) groups excluding carboxylic acids is 1. The summed E-state index contributed by atoms with van der Waals surface area (Å²) in [5.41, 5.74) is 2.04. The molecule has 0 saturated carbocycles. The molecular formula is C26H30F2N4O3S. The quantitative estimate of drug-likeness (QED) is 0.511. The van der Waals surface area contributed by atoms with Crippen molar-refractivity contribution in [2.45, 2.75) is 63.4 Å². The first-order valence-electron chi connectivity index (χ1n) is 12.1. The molecule has 7 nitrogen and oxygen atoms in total. The van der Waals surface area contributed by atoms with E-state index in [0.717, 1.165) is 18.9 Å². The third kappa shape index (κ3) is 5.10. The molecule has 2 aromatic rings. The van der Waals surface area contributed by atoms with Crippen molar-refractivity contribution in [2.24, 2.45) is 10.1 Å². The number of hydrogen-bond donors (Lipinski definition) is 0. The Morgan fingerprint density at radius 3 is 2.33 bits per heavy atom. The molecule has 2 aromatic carbocycles. The van der Waals surface area contributed by atoms with Gasteiger partial charge >= 0.3 is 0 Å². The fourth-order valence-electron chi connectivity index (χ4n) is 4.70. The number of nitrogens with zero attached hydrogens (tertiary/aromatic N) is 4. The molecule has 192 valence electrons. The van der Waals surface area contributed by atoms with Crippen molar-refractivity contribution in [1.29, 1.82) is 0 Å². The van der Waals surface area contributed by atoms with Crippen LogP contribution in [0, 0.1) is 11.6 Å². The van der Waals surface area contributed by atoms with Crippen LogP contribution in [0.25, 0.3) is 0 Å². The number of fused-ring (bicyclic) bond motifs is 1. The Bertz CT molecular complexity index is 1300. The second-order valence-corrected chi connectivity index (χ2v) is 11.0. The minimum Gasteiger partial charge on any atom is -0.272 e. The number of sulfonamides is 1. The fourth-order valence-corrected chi connectivity index (χ4v) is 6.32. The number of amides is 1. The summed E-state index contributed by atoms with van der Waals surface area (Å²) in [6, 6.07) is 9.87. The Balaban J connectivity index is 1.61. The van der Waals surface area contributed by atoms with Gasteiger partial charge in [-0.3, -0.25) is 9.79 Å². The third-order valence-corrected chi connectivity index (χ3v) is 8.40. The first-order chi connectivity index (χ1) is 17.1. The fraction of sp³-hybridized carbons (Fsp3) is 0.423. The zero-order valence-corrected chi connectivity index (χ0v) is 21.4. The van der Waals surface area contributed by atoms with Crippen molar-refractivity contribution in [3.8, 4) is 0 Å². The Morgan fingerprint density at radius 2 is 1.72 bits per heavy atom. The molecule has 2 atom stereocenters. The van der Waals surface area contributed by atoms with Crippen LogP contribution in [0.2, 0.25) is 0 Å². The van der Waals surface area contributed by atoms with Crippen molar-refractivity contribution in [3.63, 3.8) is 0 Å². The maximum Gasteiger partial charge on any atom is 0.250 e. The van der Waals surface area contributed by atoms with Gasteiger partial charge in [0.2, 0.25) is 10.0 Å². The maximum absolute atomic E-state index is 14.5. The lowest BCUT2D eigenvalue weighted by molar-refractivity contribution is -0.133. The van der Waals surface area contributed by atoms with E-state index >= 15 is 0 Å². The van der Waals surface area contributed by atoms with Gasteiger partial charge in [-0.1, -0.05) is 32.0 Å². The maximum atomic E-state index is 14.5. The van der Waals surface area contributed by atoms with Crippen LogP contribution in [0.1, 0.15) is 63.5 Å². The summed E-state index contributed by atoms with van der Waals surface area (Å²) in [5, 5.41) is 5.71. The number of hydrogen-bond acceptors (Lipinski definition) is 5. The first-order valence-corrected chi connectivity index (χ1v) is 13.6. The highest BCUT2D eigenvalue weighted by atomic mass is 32.2. The third-order valence-electron chi connectivity index (χ3n) is 6.49. The zero-order valence-electron chi connectivity index (χ0n) is 20.6. The zero-order chi connectivity index (χ0) is 26.0. The minimum atomic E-state index is -3.62. The average molecular weight is 517 g/mol. The molecule has 0 aliphatic carbocycles. The molecule has 0 aromatic heterocycles. The van der Waals surface area contributed by atoms with E-state index in [1.165, 1.54) is 21.4 Å². The molecule has 0 N–H and O–H groups in total. The van der Waals surface area contributed by atoms with E-state index < -0.39 is 33.7 Å². The summed E-state index contributed by atoms with van der Waals surface area (Å²) >= 11 is 0. The largest absolute Gasteiger partial charge is 0.272 e. The normalized spacial score (nSPS) is 20.3. The van der Waals surface area contributed by atoms with E-state index in [1.807, 2.05) is 13.8 Å². The van der Waals surface area contributed by atoms with Gasteiger partial charge in [0, 0.05) is 37.2 Å². The summed E-state index contributed by atoms with van der Waals surface area (Å²) in [6.07, 6.45) is 1.14. The number of halogens is 2. The van der Waals surface area contributed by atoms with Gasteiger partial charge in [-0.2, -0.15) is 9.41 Å². The topological polar surface area (TPSA) is 82.4 Å². The summed E-state index contributed by atoms with van der Waals surface area (Å²) in [7, 11) is -3.62. The number of carbonyl (C=O) groups is 1. The molecule has 0 radical (unpaired) electrons. The molecule has 0 saturated heterocycles. The molecule has 1 amide bonds. The monoisotopic (exact) mass is 516 g/mol. The van der Waals surface area contributed by atoms with E-state index in [-0.39, 0.29) is 17.2 Å². The lowest BCUT2D eigenvalue weighted by atomic mass is 9.88. The second kappa shape index (κ2) is 10.6. The van der Waals surface area contributed by atoms with Gasteiger partial charge in [0.05, 0.1) is 17.0 Å². The van der Waals surface area contributed by atoms with Gasteiger partial charge in [-0.25, -0.2) is 22.2 Å². The Morgan fingerprint density at radius 1 is 1.06 bits per heavy atom. The smallest absolute Gasteiger partial charge is 0.250 e. The average Bonchev–Trinajstić information content (AvgIpc) is 2.84. The van der Waals surface area contributed by atoms with Crippen LogP contribution >= 0.6 is 0 Å². The summed E-state index contributed by atoms with van der Waals surface area (Å²) < 4.78 is 55.5. The predicted octanol–water partition coefficient (Wildman–Crippen LogP) is 4.69. The SMILES string of the molecule is CCCN(CCC)S(=O)(=O)c1ccc(C2=NC3CC(c4ccc(F)cc4F)C(C)=NN3C(=O)C2)cc1. The van der Waals surface area contributed by atoms with Gasteiger partial charge in [-0.05, 0) is 49.1 Å². The van der Waals surface area contributed by atoms with Gasteiger partial charge in [0.1, 0.15) is 17.8 Å². The lowest BCUT2D eigenvalue weighted by Gasteiger charge is -2.37. The van der Waals surface area contributed by atoms with Crippen LogP contribution in [-0.2, 0) is 14.8 Å². The highest BCUT2D eigenvalue weighted by molar-refractivity contribution is 7.89. The van der Waals surface area contributed by atoms with Gasteiger partial charge in [0.15, 0.2) is 0 Å². The number of rotatable bonds is 8. The van der Waals surface area contributed by atoms with Crippen molar-refractivity contribution in [2.75, 3.05) is 13.1 Å². The summed E-state index contributed by atoms with van der Waals surface area (Å²) in [4.78, 5) is 17.8. The van der Waals surface area contributed by atoms with Crippen LogP contribution in [-0.4, -0.2) is 54.3 Å². The Hall–Kier alpha value is -2.98. The molecule has 10 heteroatoms. The van der Waals surface area contributed by atoms with E-state index in [9.17, 15) is 22.0 Å². The molecule has 36 heavy (non-hydrogen) atoms. The van der Waals surface area contributed by atoms with Crippen molar-refractivity contribution in [1.82, 2.24) is 9.31 Å². The molecule has 2 aliphatic heterocycles. The summed E-state index contributed by atoms with van der Waals surface area (Å²) in [5.74, 6) is -2.00. The number of aliphatic imine (C=N–C) groups is 1. The molecule has 0 fully saturated rings. The summed E-state index contributed by atoms with van der Waals surface area (Å²) in [6.45, 7) is 6.50. The van der Waals surface area contributed by atoms with E-state index in [0.29, 0.717) is 42.1 Å². The van der Waals surface area contributed by atoms with Crippen molar-refractivity contribution in [3.05, 3.63) is 65.2 Å². The standard InChI is InChI=1S/C26H30F2N4O3S/c1-4-12-31(13-5-2)36(34,35)20-9-6-18(7-10-20)24-16-26(33)32-25(29-24)15-22(17(3)30-32)21-11-8-19(27)14-23(21)28/h6-11,14,22,25H,4-5,12-13,15-16H2,1-3H3. The number of benzene rings is 2. The molecule has 2 unspecified atom stereocenters.